The van der Waals surface area contributed by atoms with Crippen molar-refractivity contribution in [2.24, 2.45) is 0 Å². The fourth-order valence-electron chi connectivity index (χ4n) is 1.82. The van der Waals surface area contributed by atoms with Crippen molar-refractivity contribution in [3.63, 3.8) is 0 Å². The molecule has 1 unspecified atom stereocenters. The van der Waals surface area contributed by atoms with Gasteiger partial charge in [-0.2, -0.15) is 0 Å². The highest BCUT2D eigenvalue weighted by molar-refractivity contribution is 5.43. The Bertz CT molecular complexity index is 336. The van der Waals surface area contributed by atoms with Crippen LogP contribution in [-0.4, -0.2) is 30.2 Å². The normalized spacial score (nSPS) is 21.3. The van der Waals surface area contributed by atoms with Gasteiger partial charge in [-0.25, -0.2) is 9.97 Å². The Balaban J connectivity index is 2.17. The van der Waals surface area contributed by atoms with Gasteiger partial charge in [-0.1, -0.05) is 0 Å². The second kappa shape index (κ2) is 4.44. The van der Waals surface area contributed by atoms with Crippen molar-refractivity contribution < 1.29 is 4.74 Å². The molecule has 2 heterocycles. The Hall–Kier alpha value is -1.36. The van der Waals surface area contributed by atoms with Gasteiger partial charge >= 0.3 is 0 Å². The van der Waals surface area contributed by atoms with Crippen LogP contribution in [0.25, 0.3) is 0 Å². The predicted molar refractivity (Wildman–Crippen MR) is 57.8 cm³/mol. The summed E-state index contributed by atoms with van der Waals surface area (Å²) in [5, 5.41) is 3.33. The van der Waals surface area contributed by atoms with E-state index >= 15 is 0 Å². The van der Waals surface area contributed by atoms with Crippen molar-refractivity contribution in [3.05, 3.63) is 12.0 Å². The molecule has 3 N–H and O–H groups in total. The summed E-state index contributed by atoms with van der Waals surface area (Å²) in [6.07, 6.45) is 3.94. The Morgan fingerprint density at radius 1 is 1.60 bits per heavy atom. The van der Waals surface area contributed by atoms with E-state index in [2.05, 4.69) is 15.3 Å². The molecule has 1 aliphatic heterocycles. The summed E-state index contributed by atoms with van der Waals surface area (Å²) in [7, 11) is 1.57. The average Bonchev–Trinajstić information content (AvgIpc) is 2.30. The van der Waals surface area contributed by atoms with Gasteiger partial charge in [0.05, 0.1) is 13.3 Å². The molecule has 1 aromatic heterocycles. The molecule has 5 nitrogen and oxygen atoms in total. The van der Waals surface area contributed by atoms with Crippen LogP contribution in [0.3, 0.4) is 0 Å². The smallest absolute Gasteiger partial charge is 0.179 e. The van der Waals surface area contributed by atoms with E-state index in [9.17, 15) is 0 Å². The molecule has 15 heavy (non-hydrogen) atoms. The summed E-state index contributed by atoms with van der Waals surface area (Å²) in [4.78, 5) is 8.55. The number of hydrogen-bond acceptors (Lipinski definition) is 5. The largest absolute Gasteiger partial charge is 0.491 e. The summed E-state index contributed by atoms with van der Waals surface area (Å²) < 4.78 is 5.02. The molecule has 0 aliphatic carbocycles. The summed E-state index contributed by atoms with van der Waals surface area (Å²) >= 11 is 0. The van der Waals surface area contributed by atoms with Crippen LogP contribution >= 0.6 is 0 Å². The zero-order valence-electron chi connectivity index (χ0n) is 8.86. The van der Waals surface area contributed by atoms with Crippen molar-refractivity contribution in [1.82, 2.24) is 15.3 Å². The molecule has 0 spiro atoms. The van der Waals surface area contributed by atoms with E-state index < -0.39 is 0 Å². The van der Waals surface area contributed by atoms with Crippen LogP contribution in [0.5, 0.6) is 5.75 Å². The van der Waals surface area contributed by atoms with Crippen molar-refractivity contribution >= 4 is 5.82 Å². The summed E-state index contributed by atoms with van der Waals surface area (Å²) in [5.41, 5.74) is 5.74. The number of nitrogens with two attached hydrogens (primary N) is 1. The van der Waals surface area contributed by atoms with E-state index in [0.717, 1.165) is 25.3 Å². The Morgan fingerprint density at radius 2 is 2.47 bits per heavy atom. The number of hydrogen-bond donors (Lipinski definition) is 2. The molecule has 0 radical (unpaired) electrons. The monoisotopic (exact) mass is 208 g/mol. The Kier molecular flexibility index (Phi) is 3.01. The molecule has 5 heteroatoms. The van der Waals surface area contributed by atoms with E-state index in [1.807, 2.05) is 0 Å². The molecule has 0 saturated carbocycles. The third-order valence-electron chi connectivity index (χ3n) is 2.68. The SMILES string of the molecule is COc1cnc(C2CCCNC2)nc1N. The number of anilines is 1. The quantitative estimate of drug-likeness (QED) is 0.742. The fraction of sp³-hybridized carbons (Fsp3) is 0.600. The topological polar surface area (TPSA) is 73.1 Å². The van der Waals surface area contributed by atoms with Gasteiger partial charge in [-0.05, 0) is 19.4 Å². The minimum Gasteiger partial charge on any atom is -0.491 e. The maximum absolute atomic E-state index is 5.74. The lowest BCUT2D eigenvalue weighted by atomic mass is 9.99. The molecule has 1 aromatic rings. The number of methoxy groups -OCH3 is 1. The second-order valence-electron chi connectivity index (χ2n) is 3.73. The first-order chi connectivity index (χ1) is 7.31. The van der Waals surface area contributed by atoms with Crippen LogP contribution < -0.4 is 15.8 Å². The summed E-state index contributed by atoms with van der Waals surface area (Å²) in [6, 6.07) is 0. The zero-order valence-corrected chi connectivity index (χ0v) is 8.86. The van der Waals surface area contributed by atoms with Gasteiger partial charge < -0.3 is 15.8 Å². The average molecular weight is 208 g/mol. The highest BCUT2D eigenvalue weighted by Crippen LogP contribution is 2.23. The number of ether oxygens (including phenoxy) is 1. The van der Waals surface area contributed by atoms with Crippen LogP contribution in [0.2, 0.25) is 0 Å². The lowest BCUT2D eigenvalue weighted by molar-refractivity contribution is 0.408. The minimum atomic E-state index is 0.381. The number of piperidine rings is 1. The first kappa shape index (κ1) is 10.2. The standard InChI is InChI=1S/C10H16N4O/c1-15-8-6-13-10(14-9(8)11)7-3-2-4-12-5-7/h6-7,12H,2-5H2,1H3,(H2,11,13,14). The number of nitrogens with one attached hydrogen (secondary N) is 1. The third-order valence-corrected chi connectivity index (χ3v) is 2.68. The van der Waals surface area contributed by atoms with Crippen LogP contribution in [0.15, 0.2) is 6.20 Å². The summed E-state index contributed by atoms with van der Waals surface area (Å²) in [5.74, 6) is 2.17. The van der Waals surface area contributed by atoms with E-state index in [-0.39, 0.29) is 0 Å². The zero-order chi connectivity index (χ0) is 10.7. The molecule has 1 fully saturated rings. The van der Waals surface area contributed by atoms with Crippen LogP contribution in [0.4, 0.5) is 5.82 Å². The molecule has 1 saturated heterocycles. The first-order valence-electron chi connectivity index (χ1n) is 5.18. The molecule has 0 amide bonds. The third kappa shape index (κ3) is 2.18. The van der Waals surface area contributed by atoms with Gasteiger partial charge in [0.15, 0.2) is 11.6 Å². The van der Waals surface area contributed by atoms with Gasteiger partial charge in [-0.3, -0.25) is 0 Å². The van der Waals surface area contributed by atoms with Crippen LogP contribution in [0.1, 0.15) is 24.6 Å². The van der Waals surface area contributed by atoms with Crippen LogP contribution in [0, 0.1) is 0 Å². The Morgan fingerprint density at radius 3 is 3.07 bits per heavy atom. The molecule has 0 bridgehead atoms. The van der Waals surface area contributed by atoms with E-state index in [4.69, 9.17) is 10.5 Å². The van der Waals surface area contributed by atoms with Crippen molar-refractivity contribution in [1.29, 1.82) is 0 Å². The molecule has 2 rings (SSSR count). The number of rotatable bonds is 2. The van der Waals surface area contributed by atoms with Gasteiger partial charge in [0.2, 0.25) is 0 Å². The molecule has 82 valence electrons. The van der Waals surface area contributed by atoms with Crippen molar-refractivity contribution in [2.75, 3.05) is 25.9 Å². The number of nitrogen functional groups attached to an aromatic ring is 1. The molecular weight excluding hydrogens is 192 g/mol. The van der Waals surface area contributed by atoms with Gasteiger partial charge in [0.25, 0.3) is 0 Å². The van der Waals surface area contributed by atoms with Gasteiger partial charge in [0.1, 0.15) is 5.82 Å². The molecule has 1 aliphatic rings. The molecule has 1 atom stereocenters. The van der Waals surface area contributed by atoms with Crippen molar-refractivity contribution in [3.8, 4) is 5.75 Å². The fourth-order valence-corrected chi connectivity index (χ4v) is 1.82. The second-order valence-corrected chi connectivity index (χ2v) is 3.73. The first-order valence-corrected chi connectivity index (χ1v) is 5.18. The maximum atomic E-state index is 5.74. The van der Waals surface area contributed by atoms with Gasteiger partial charge in [-0.15, -0.1) is 0 Å². The van der Waals surface area contributed by atoms with E-state index in [1.165, 1.54) is 6.42 Å². The molecule has 0 aromatic carbocycles. The maximum Gasteiger partial charge on any atom is 0.179 e. The lowest BCUT2D eigenvalue weighted by Crippen LogP contribution is -2.29. The van der Waals surface area contributed by atoms with E-state index in [1.54, 1.807) is 13.3 Å². The predicted octanol–water partition coefficient (Wildman–Crippen LogP) is 0.534. The minimum absolute atomic E-state index is 0.381. The van der Waals surface area contributed by atoms with E-state index in [0.29, 0.717) is 17.5 Å². The summed E-state index contributed by atoms with van der Waals surface area (Å²) in [6.45, 7) is 2.02. The molecular formula is C10H16N4O. The highest BCUT2D eigenvalue weighted by Gasteiger charge is 2.18. The van der Waals surface area contributed by atoms with Crippen LogP contribution in [-0.2, 0) is 0 Å². The lowest BCUT2D eigenvalue weighted by Gasteiger charge is -2.21. The highest BCUT2D eigenvalue weighted by atomic mass is 16.5. The Labute approximate surface area is 89.1 Å². The number of aromatic nitrogens is 2. The van der Waals surface area contributed by atoms with Crippen molar-refractivity contribution in [2.45, 2.75) is 18.8 Å². The van der Waals surface area contributed by atoms with Gasteiger partial charge in [0, 0.05) is 12.5 Å². The number of nitrogens with zero attached hydrogens (tertiary/aromatic N) is 2.